The molecule has 0 spiro atoms. The van der Waals surface area contributed by atoms with E-state index in [4.69, 9.17) is 0 Å². The van der Waals surface area contributed by atoms with Crippen molar-refractivity contribution in [3.8, 4) is 0 Å². The van der Waals surface area contributed by atoms with Crippen molar-refractivity contribution < 1.29 is 14.7 Å². The van der Waals surface area contributed by atoms with Crippen LogP contribution in [0.15, 0.2) is 30.3 Å². The highest BCUT2D eigenvalue weighted by molar-refractivity contribution is 8.01. The minimum atomic E-state index is -0.776. The van der Waals surface area contributed by atoms with Crippen LogP contribution in [0.5, 0.6) is 0 Å². The molecule has 0 unspecified atom stereocenters. The fourth-order valence-corrected chi connectivity index (χ4v) is 4.28. The number of amides is 1. The molecule has 2 N–H and O–H groups in total. The lowest BCUT2D eigenvalue weighted by Gasteiger charge is -2.33. The van der Waals surface area contributed by atoms with Gasteiger partial charge in [-0.1, -0.05) is 18.2 Å². The maximum Gasteiger partial charge on any atom is 0.252 e. The molecule has 1 aliphatic heterocycles. The summed E-state index contributed by atoms with van der Waals surface area (Å²) < 4.78 is 0. The number of rotatable bonds is 2. The van der Waals surface area contributed by atoms with Crippen LogP contribution in [0.4, 0.5) is 0 Å². The highest BCUT2D eigenvalue weighted by atomic mass is 32.2. The van der Waals surface area contributed by atoms with E-state index in [1.54, 1.807) is 24.3 Å². The van der Waals surface area contributed by atoms with E-state index < -0.39 is 11.6 Å². The van der Waals surface area contributed by atoms with Crippen LogP contribution < -0.4 is 5.32 Å². The van der Waals surface area contributed by atoms with Crippen molar-refractivity contribution in [2.45, 2.75) is 29.7 Å². The van der Waals surface area contributed by atoms with Crippen LogP contribution in [0.1, 0.15) is 23.2 Å². The van der Waals surface area contributed by atoms with Gasteiger partial charge in [0.1, 0.15) is 5.54 Å². The van der Waals surface area contributed by atoms with Crippen molar-refractivity contribution in [3.63, 3.8) is 0 Å². The standard InChI is InChI=1S/C14H15NO3S/c16-10-6-7-14(8-19-11(10)12(14)17)15-13(18)9-4-2-1-3-5-9/h1-5,10-11,16H,6-8H2,(H,15,18)/t10-,11-,14+/m0/s1. The monoisotopic (exact) mass is 277 g/mol. The number of benzene rings is 1. The summed E-state index contributed by atoms with van der Waals surface area (Å²) in [6.45, 7) is 0. The van der Waals surface area contributed by atoms with Crippen LogP contribution in [-0.4, -0.2) is 39.4 Å². The Balaban J connectivity index is 1.80. The fraction of sp³-hybridized carbons (Fsp3) is 0.429. The van der Waals surface area contributed by atoms with Gasteiger partial charge in [-0.3, -0.25) is 9.59 Å². The molecule has 0 aromatic heterocycles. The summed E-state index contributed by atoms with van der Waals surface area (Å²) in [6.07, 6.45) is 0.523. The third kappa shape index (κ3) is 2.07. The molecule has 1 heterocycles. The van der Waals surface area contributed by atoms with Gasteiger partial charge in [-0.05, 0) is 25.0 Å². The predicted molar refractivity (Wildman–Crippen MR) is 73.1 cm³/mol. The number of aliphatic hydroxyl groups excluding tert-OH is 1. The van der Waals surface area contributed by atoms with E-state index in [-0.39, 0.29) is 16.9 Å². The third-order valence-electron chi connectivity index (χ3n) is 3.84. The summed E-state index contributed by atoms with van der Waals surface area (Å²) in [5.74, 6) is 0.318. The first-order chi connectivity index (χ1) is 9.12. The van der Waals surface area contributed by atoms with Crippen molar-refractivity contribution in [2.75, 3.05) is 5.75 Å². The Morgan fingerprint density at radius 1 is 1.37 bits per heavy atom. The maximum absolute atomic E-state index is 12.3. The Labute approximate surface area is 115 Å². The summed E-state index contributed by atoms with van der Waals surface area (Å²) in [5, 5.41) is 12.3. The molecule has 2 fully saturated rings. The number of ketones is 1. The van der Waals surface area contributed by atoms with E-state index in [9.17, 15) is 14.7 Å². The van der Waals surface area contributed by atoms with Gasteiger partial charge in [0.2, 0.25) is 0 Å². The quantitative estimate of drug-likeness (QED) is 0.846. The van der Waals surface area contributed by atoms with Crippen molar-refractivity contribution in [1.29, 1.82) is 0 Å². The summed E-state index contributed by atoms with van der Waals surface area (Å²) in [5.41, 5.74) is -0.217. The SMILES string of the molecule is O=C(N[C@]12CC[C@H](O)[C@H](SC1)C2=O)c1ccccc1. The molecule has 3 rings (SSSR count). The molecule has 1 saturated carbocycles. The Morgan fingerprint density at radius 2 is 2.11 bits per heavy atom. The second-order valence-electron chi connectivity index (χ2n) is 5.10. The smallest absolute Gasteiger partial charge is 0.252 e. The average molecular weight is 277 g/mol. The van der Waals surface area contributed by atoms with Gasteiger partial charge >= 0.3 is 0 Å². The lowest BCUT2D eigenvalue weighted by molar-refractivity contribution is -0.127. The van der Waals surface area contributed by atoms with Gasteiger partial charge in [0.25, 0.3) is 5.91 Å². The van der Waals surface area contributed by atoms with Gasteiger partial charge in [-0.25, -0.2) is 0 Å². The van der Waals surface area contributed by atoms with Gasteiger partial charge < -0.3 is 10.4 Å². The van der Waals surface area contributed by atoms with Gasteiger partial charge in [0.05, 0.1) is 11.4 Å². The number of carbonyl (C=O) groups is 2. The Bertz CT molecular complexity index is 519. The van der Waals surface area contributed by atoms with E-state index >= 15 is 0 Å². The lowest BCUT2D eigenvalue weighted by atomic mass is 9.80. The molecule has 1 saturated heterocycles. The topological polar surface area (TPSA) is 66.4 Å². The molecule has 1 aromatic rings. The second kappa shape index (κ2) is 4.65. The first-order valence-corrected chi connectivity index (χ1v) is 7.39. The van der Waals surface area contributed by atoms with Crippen LogP contribution in [0.3, 0.4) is 0 Å². The van der Waals surface area contributed by atoms with Crippen molar-refractivity contribution >= 4 is 23.5 Å². The van der Waals surface area contributed by atoms with E-state index in [2.05, 4.69) is 5.32 Å². The molecule has 100 valence electrons. The number of aliphatic hydroxyl groups is 1. The Kier molecular flexibility index (Phi) is 3.11. The van der Waals surface area contributed by atoms with Gasteiger partial charge in [-0.2, -0.15) is 0 Å². The normalized spacial score (nSPS) is 33.2. The van der Waals surface area contributed by atoms with Gasteiger partial charge in [0, 0.05) is 11.3 Å². The minimum absolute atomic E-state index is 0.0273. The minimum Gasteiger partial charge on any atom is -0.392 e. The number of Topliss-reactive ketones (excluding diaryl/α,β-unsaturated/α-hetero) is 1. The molecule has 19 heavy (non-hydrogen) atoms. The number of carbonyl (C=O) groups excluding carboxylic acids is 2. The highest BCUT2D eigenvalue weighted by Gasteiger charge is 2.55. The molecular weight excluding hydrogens is 262 g/mol. The summed E-state index contributed by atoms with van der Waals surface area (Å²) in [4.78, 5) is 24.5. The number of hydrogen-bond donors (Lipinski definition) is 2. The second-order valence-corrected chi connectivity index (χ2v) is 6.23. The number of fused-ring (bicyclic) bond motifs is 2. The summed E-state index contributed by atoms with van der Waals surface area (Å²) >= 11 is 1.45. The predicted octanol–water partition coefficient (Wildman–Crippen LogP) is 0.994. The zero-order valence-corrected chi connectivity index (χ0v) is 11.2. The van der Waals surface area contributed by atoms with Crippen LogP contribution in [0.25, 0.3) is 0 Å². The van der Waals surface area contributed by atoms with E-state index in [0.29, 0.717) is 24.2 Å². The van der Waals surface area contributed by atoms with Gasteiger partial charge in [-0.15, -0.1) is 11.8 Å². The molecule has 2 aliphatic rings. The van der Waals surface area contributed by atoms with Crippen LogP contribution in [-0.2, 0) is 4.79 Å². The van der Waals surface area contributed by atoms with Crippen LogP contribution >= 0.6 is 11.8 Å². The third-order valence-corrected chi connectivity index (χ3v) is 5.39. The highest BCUT2D eigenvalue weighted by Crippen LogP contribution is 2.42. The molecule has 1 amide bonds. The molecule has 4 nitrogen and oxygen atoms in total. The molecule has 1 aliphatic carbocycles. The fourth-order valence-electron chi connectivity index (χ4n) is 2.72. The number of thioether (sulfide) groups is 1. The molecule has 2 bridgehead atoms. The Morgan fingerprint density at radius 3 is 2.84 bits per heavy atom. The molecular formula is C14H15NO3S. The van der Waals surface area contributed by atoms with Crippen LogP contribution in [0.2, 0.25) is 0 Å². The molecule has 0 radical (unpaired) electrons. The van der Waals surface area contributed by atoms with Gasteiger partial charge in [0.15, 0.2) is 5.78 Å². The number of nitrogens with one attached hydrogen (secondary N) is 1. The summed E-state index contributed by atoms with van der Waals surface area (Å²) in [7, 11) is 0. The molecule has 5 heteroatoms. The zero-order valence-electron chi connectivity index (χ0n) is 10.3. The van der Waals surface area contributed by atoms with Crippen molar-refractivity contribution in [3.05, 3.63) is 35.9 Å². The molecule has 3 atom stereocenters. The Hall–Kier alpha value is -1.33. The summed E-state index contributed by atoms with van der Waals surface area (Å²) in [6, 6.07) is 8.90. The van der Waals surface area contributed by atoms with Crippen LogP contribution in [0, 0.1) is 0 Å². The van der Waals surface area contributed by atoms with E-state index in [0.717, 1.165) is 0 Å². The molecule has 1 aromatic carbocycles. The van der Waals surface area contributed by atoms with E-state index in [1.165, 1.54) is 11.8 Å². The van der Waals surface area contributed by atoms with Crippen molar-refractivity contribution in [2.24, 2.45) is 0 Å². The van der Waals surface area contributed by atoms with Crippen molar-refractivity contribution in [1.82, 2.24) is 5.32 Å². The maximum atomic E-state index is 12.3. The first-order valence-electron chi connectivity index (χ1n) is 6.34. The first kappa shape index (κ1) is 12.7. The largest absolute Gasteiger partial charge is 0.392 e. The average Bonchev–Trinajstić information content (AvgIpc) is 2.64. The number of hydrogen-bond acceptors (Lipinski definition) is 4. The van der Waals surface area contributed by atoms with E-state index in [1.807, 2.05) is 6.07 Å². The lowest BCUT2D eigenvalue weighted by Crippen LogP contribution is -2.59. The zero-order chi connectivity index (χ0) is 13.5.